The fourth-order valence-corrected chi connectivity index (χ4v) is 2.75. The van der Waals surface area contributed by atoms with Crippen LogP contribution in [0.25, 0.3) is 0 Å². The van der Waals surface area contributed by atoms with Gasteiger partial charge in [-0.3, -0.25) is 4.79 Å². The predicted octanol–water partition coefficient (Wildman–Crippen LogP) is 1.80. The fourth-order valence-electron chi connectivity index (χ4n) is 2.23. The first-order chi connectivity index (χ1) is 11.9. The third-order valence-electron chi connectivity index (χ3n) is 3.74. The quantitative estimate of drug-likeness (QED) is 0.775. The number of rotatable bonds is 8. The molecule has 0 unspecified atom stereocenters. The summed E-state index contributed by atoms with van der Waals surface area (Å²) in [6.45, 7) is 0.924. The molecule has 2 rings (SSSR count). The molecule has 2 aromatic rings. The second-order valence-electron chi connectivity index (χ2n) is 5.67. The molecule has 0 radical (unpaired) electrons. The van der Waals surface area contributed by atoms with Crippen molar-refractivity contribution in [2.75, 3.05) is 20.2 Å². The first kappa shape index (κ1) is 19.0. The highest BCUT2D eigenvalue weighted by atomic mass is 32.2. The van der Waals surface area contributed by atoms with Crippen molar-refractivity contribution in [1.29, 1.82) is 0 Å². The number of likely N-dealkylation sites (N-methyl/N-ethyl adjacent to an activating group) is 1. The molecule has 0 atom stereocenters. The van der Waals surface area contributed by atoms with Gasteiger partial charge in [0.25, 0.3) is 0 Å². The van der Waals surface area contributed by atoms with E-state index >= 15 is 0 Å². The monoisotopic (exact) mass is 362 g/mol. The van der Waals surface area contributed by atoms with Crippen LogP contribution in [0.2, 0.25) is 0 Å². The number of hydrogen-bond acceptors (Lipinski definition) is 4. The minimum Gasteiger partial charge on any atom is -0.492 e. The molecule has 134 valence electrons. The van der Waals surface area contributed by atoms with Gasteiger partial charge < -0.3 is 9.64 Å². The third kappa shape index (κ3) is 6.21. The number of hydrogen-bond donors (Lipinski definition) is 1. The molecule has 1 amide bonds. The van der Waals surface area contributed by atoms with E-state index in [1.807, 2.05) is 30.3 Å². The summed E-state index contributed by atoms with van der Waals surface area (Å²) in [5, 5.41) is 5.06. The lowest BCUT2D eigenvalue weighted by Gasteiger charge is -2.17. The van der Waals surface area contributed by atoms with Gasteiger partial charge in [0, 0.05) is 13.5 Å². The van der Waals surface area contributed by atoms with Crippen LogP contribution in [0.4, 0.5) is 0 Å². The Morgan fingerprint density at radius 3 is 2.32 bits per heavy atom. The van der Waals surface area contributed by atoms with E-state index < -0.39 is 10.0 Å². The Balaban J connectivity index is 1.75. The Kier molecular flexibility index (Phi) is 6.55. The Morgan fingerprint density at radius 1 is 1.08 bits per heavy atom. The number of sulfonamides is 1. The van der Waals surface area contributed by atoms with Gasteiger partial charge in [-0.25, -0.2) is 13.6 Å². The van der Waals surface area contributed by atoms with Crippen LogP contribution in [0.15, 0.2) is 59.5 Å². The van der Waals surface area contributed by atoms with Crippen molar-refractivity contribution in [3.63, 3.8) is 0 Å². The number of carbonyl (C=O) groups is 1. The van der Waals surface area contributed by atoms with Crippen molar-refractivity contribution in [2.24, 2.45) is 5.14 Å². The number of para-hydroxylation sites is 1. The van der Waals surface area contributed by atoms with Crippen molar-refractivity contribution < 1.29 is 17.9 Å². The van der Waals surface area contributed by atoms with Gasteiger partial charge in [0.2, 0.25) is 15.9 Å². The summed E-state index contributed by atoms with van der Waals surface area (Å²) in [5.41, 5.74) is 0.884. The fraction of sp³-hybridized carbons (Fsp3) is 0.278. The first-order valence-corrected chi connectivity index (χ1v) is 9.44. The molecule has 0 saturated carbocycles. The highest BCUT2D eigenvalue weighted by Gasteiger charge is 2.10. The summed E-state index contributed by atoms with van der Waals surface area (Å²) < 4.78 is 28.0. The Labute approximate surface area is 148 Å². The number of aryl methyl sites for hydroxylation is 1. The molecule has 25 heavy (non-hydrogen) atoms. The van der Waals surface area contributed by atoms with Crippen molar-refractivity contribution in [1.82, 2.24) is 4.90 Å². The maximum atomic E-state index is 12.1. The van der Waals surface area contributed by atoms with Crippen LogP contribution < -0.4 is 9.88 Å². The van der Waals surface area contributed by atoms with Gasteiger partial charge in [0.05, 0.1) is 11.4 Å². The molecule has 2 N–H and O–H groups in total. The first-order valence-electron chi connectivity index (χ1n) is 7.90. The molecule has 7 heteroatoms. The number of ether oxygens (including phenoxy) is 1. The normalized spacial score (nSPS) is 11.1. The lowest BCUT2D eigenvalue weighted by molar-refractivity contribution is -0.130. The van der Waals surface area contributed by atoms with Crippen LogP contribution >= 0.6 is 0 Å². The predicted molar refractivity (Wildman–Crippen MR) is 95.7 cm³/mol. The summed E-state index contributed by atoms with van der Waals surface area (Å²) in [4.78, 5) is 13.8. The summed E-state index contributed by atoms with van der Waals surface area (Å²) in [7, 11) is -1.95. The zero-order valence-electron chi connectivity index (χ0n) is 14.1. The molecule has 0 spiro atoms. The van der Waals surface area contributed by atoms with E-state index in [0.717, 1.165) is 11.3 Å². The number of benzene rings is 2. The minimum atomic E-state index is -3.69. The lowest BCUT2D eigenvalue weighted by Crippen LogP contribution is -2.31. The van der Waals surface area contributed by atoms with E-state index in [-0.39, 0.29) is 10.8 Å². The zero-order chi connectivity index (χ0) is 18.3. The summed E-state index contributed by atoms with van der Waals surface area (Å²) >= 11 is 0. The smallest absolute Gasteiger partial charge is 0.238 e. The molecule has 0 bridgehead atoms. The van der Waals surface area contributed by atoms with Crippen LogP contribution in [0, 0.1) is 0 Å². The second-order valence-corrected chi connectivity index (χ2v) is 7.23. The van der Waals surface area contributed by atoms with E-state index in [4.69, 9.17) is 9.88 Å². The standard InChI is InChI=1S/C18H22N2O4S/c1-20(13-14-24-16-5-3-2-4-6-16)18(21)12-9-15-7-10-17(11-8-15)25(19,22)23/h2-8,10-11H,9,12-14H2,1H3,(H2,19,22,23). The van der Waals surface area contributed by atoms with E-state index in [0.29, 0.717) is 26.0 Å². The van der Waals surface area contributed by atoms with Crippen LogP contribution in [0.3, 0.4) is 0 Å². The van der Waals surface area contributed by atoms with Gasteiger partial charge in [0.1, 0.15) is 12.4 Å². The molecule has 0 aliphatic rings. The molecule has 0 aliphatic heterocycles. The van der Waals surface area contributed by atoms with E-state index in [1.54, 1.807) is 24.1 Å². The molecule has 0 aliphatic carbocycles. The van der Waals surface area contributed by atoms with E-state index in [9.17, 15) is 13.2 Å². The van der Waals surface area contributed by atoms with Crippen molar-refractivity contribution >= 4 is 15.9 Å². The highest BCUT2D eigenvalue weighted by Crippen LogP contribution is 2.11. The number of carbonyl (C=O) groups excluding carboxylic acids is 1. The van der Waals surface area contributed by atoms with Crippen LogP contribution in [0.1, 0.15) is 12.0 Å². The lowest BCUT2D eigenvalue weighted by atomic mass is 10.1. The Morgan fingerprint density at radius 2 is 1.72 bits per heavy atom. The van der Waals surface area contributed by atoms with E-state index in [2.05, 4.69) is 0 Å². The van der Waals surface area contributed by atoms with Crippen LogP contribution in [-0.2, 0) is 21.2 Å². The molecule has 2 aromatic carbocycles. The van der Waals surface area contributed by atoms with Gasteiger partial charge in [-0.2, -0.15) is 0 Å². The average molecular weight is 362 g/mol. The molecule has 0 heterocycles. The Bertz CT molecular complexity index is 790. The largest absolute Gasteiger partial charge is 0.492 e. The average Bonchev–Trinajstić information content (AvgIpc) is 2.60. The number of amides is 1. The van der Waals surface area contributed by atoms with Gasteiger partial charge >= 0.3 is 0 Å². The third-order valence-corrected chi connectivity index (χ3v) is 4.67. The highest BCUT2D eigenvalue weighted by molar-refractivity contribution is 7.89. The summed E-state index contributed by atoms with van der Waals surface area (Å²) in [5.74, 6) is 0.783. The molecule has 0 saturated heterocycles. The number of primary sulfonamides is 1. The number of nitrogens with two attached hydrogens (primary N) is 1. The Hall–Kier alpha value is -2.38. The molecular weight excluding hydrogens is 340 g/mol. The summed E-state index contributed by atoms with van der Waals surface area (Å²) in [6, 6.07) is 15.7. The van der Waals surface area contributed by atoms with E-state index in [1.165, 1.54) is 12.1 Å². The van der Waals surface area contributed by atoms with Gasteiger partial charge in [-0.15, -0.1) is 0 Å². The van der Waals surface area contributed by atoms with Gasteiger partial charge in [0.15, 0.2) is 0 Å². The maximum absolute atomic E-state index is 12.1. The molecule has 6 nitrogen and oxygen atoms in total. The summed E-state index contributed by atoms with van der Waals surface area (Å²) in [6.07, 6.45) is 0.879. The zero-order valence-corrected chi connectivity index (χ0v) is 14.9. The van der Waals surface area contributed by atoms with Crippen LogP contribution in [-0.4, -0.2) is 39.4 Å². The molecule has 0 aromatic heterocycles. The molecular formula is C18H22N2O4S. The van der Waals surface area contributed by atoms with Crippen molar-refractivity contribution in [3.05, 3.63) is 60.2 Å². The second kappa shape index (κ2) is 8.64. The van der Waals surface area contributed by atoms with Crippen molar-refractivity contribution in [2.45, 2.75) is 17.7 Å². The minimum absolute atomic E-state index is 0.00665. The van der Waals surface area contributed by atoms with Crippen LogP contribution in [0.5, 0.6) is 5.75 Å². The van der Waals surface area contributed by atoms with Crippen molar-refractivity contribution in [3.8, 4) is 5.75 Å². The SMILES string of the molecule is CN(CCOc1ccccc1)C(=O)CCc1ccc(S(N)(=O)=O)cc1. The van der Waals surface area contributed by atoms with Gasteiger partial charge in [-0.1, -0.05) is 30.3 Å². The van der Waals surface area contributed by atoms with Gasteiger partial charge in [-0.05, 0) is 36.2 Å². The number of nitrogens with zero attached hydrogens (tertiary/aromatic N) is 1. The maximum Gasteiger partial charge on any atom is 0.238 e. The topological polar surface area (TPSA) is 89.7 Å². The molecule has 0 fully saturated rings.